The number of likely N-dealkylation sites (tertiary alicyclic amines) is 1. The van der Waals surface area contributed by atoms with E-state index in [2.05, 4.69) is 37.5 Å². The molecule has 0 unspecified atom stereocenters. The number of alkyl halides is 6. The molecule has 1 aliphatic rings. The Kier molecular flexibility index (Phi) is 11.2. The highest BCUT2D eigenvalue weighted by atomic mass is 19.4. The molecule has 16 heteroatoms. The largest absolute Gasteiger partial charge is 0.522 e. The summed E-state index contributed by atoms with van der Waals surface area (Å²) in [5, 5.41) is 8.53. The van der Waals surface area contributed by atoms with Crippen molar-refractivity contribution >= 4 is 28.5 Å². The van der Waals surface area contributed by atoms with E-state index in [1.54, 1.807) is 18.2 Å². The van der Waals surface area contributed by atoms with Crippen molar-refractivity contribution in [2.24, 2.45) is 5.92 Å². The second kappa shape index (κ2) is 14.9. The van der Waals surface area contributed by atoms with Crippen molar-refractivity contribution in [3.8, 4) is 17.6 Å². The number of imidazole rings is 1. The summed E-state index contributed by atoms with van der Waals surface area (Å²) in [6.45, 7) is 1.04. The van der Waals surface area contributed by atoms with E-state index in [0.717, 1.165) is 10.9 Å². The number of halogens is 6. The molecule has 0 aliphatic carbocycles. The zero-order chi connectivity index (χ0) is 34.4. The fourth-order valence-electron chi connectivity index (χ4n) is 5.32. The smallest absolute Gasteiger partial charge is 0.495 e. The number of methoxy groups -OCH3 is 1. The Balaban J connectivity index is 1.51. The van der Waals surface area contributed by atoms with Crippen molar-refractivity contribution in [1.82, 2.24) is 25.1 Å². The van der Waals surface area contributed by atoms with Crippen LogP contribution in [0.5, 0.6) is 5.75 Å². The highest BCUT2D eigenvalue weighted by Gasteiger charge is 2.32. The zero-order valence-electron chi connectivity index (χ0n) is 25.8. The van der Waals surface area contributed by atoms with Gasteiger partial charge in [-0.05, 0) is 42.7 Å². The minimum Gasteiger partial charge on any atom is -0.495 e. The minimum atomic E-state index is -4.71. The van der Waals surface area contributed by atoms with Crippen LogP contribution in [-0.2, 0) is 11.3 Å². The second-order valence-electron chi connectivity index (χ2n) is 11.0. The van der Waals surface area contributed by atoms with Gasteiger partial charge in [-0.1, -0.05) is 18.8 Å². The van der Waals surface area contributed by atoms with Crippen LogP contribution in [0.15, 0.2) is 36.7 Å². The maximum atomic E-state index is 13.5. The first-order chi connectivity index (χ1) is 22.2. The predicted octanol–water partition coefficient (Wildman–Crippen LogP) is 4.41. The first-order valence-electron chi connectivity index (χ1n) is 14.6. The third-order valence-corrected chi connectivity index (χ3v) is 7.59. The molecular formula is C31H34F6N6O4. The van der Waals surface area contributed by atoms with Crippen molar-refractivity contribution in [1.29, 1.82) is 0 Å². The number of piperidine rings is 1. The first-order valence-corrected chi connectivity index (χ1v) is 14.6. The van der Waals surface area contributed by atoms with Gasteiger partial charge in [0.2, 0.25) is 0 Å². The molecule has 2 aromatic carbocycles. The van der Waals surface area contributed by atoms with Crippen LogP contribution in [-0.4, -0.2) is 91.8 Å². The molecule has 2 heterocycles. The van der Waals surface area contributed by atoms with Crippen LogP contribution in [0.3, 0.4) is 0 Å². The van der Waals surface area contributed by atoms with Gasteiger partial charge in [0.15, 0.2) is 0 Å². The number of ether oxygens (including phenoxy) is 2. The second-order valence-corrected chi connectivity index (χ2v) is 11.0. The van der Waals surface area contributed by atoms with Crippen LogP contribution < -0.4 is 20.7 Å². The number of hydrogen-bond donors (Lipinski definition) is 3. The highest BCUT2D eigenvalue weighted by Crippen LogP contribution is 2.27. The number of hydrogen-bond acceptors (Lipinski definition) is 7. The lowest BCUT2D eigenvalue weighted by Gasteiger charge is -2.37. The molecule has 0 bridgehead atoms. The van der Waals surface area contributed by atoms with Gasteiger partial charge in [0.05, 0.1) is 43.4 Å². The van der Waals surface area contributed by atoms with Gasteiger partial charge in [-0.2, -0.15) is 13.2 Å². The Bertz CT molecular complexity index is 1650. The van der Waals surface area contributed by atoms with Crippen molar-refractivity contribution in [2.45, 2.75) is 38.5 Å². The Morgan fingerprint density at radius 1 is 1.11 bits per heavy atom. The van der Waals surface area contributed by atoms with Gasteiger partial charge in [-0.25, -0.2) is 4.98 Å². The molecule has 4 rings (SSSR count). The fraction of sp³-hybridized carbons (Fsp3) is 0.452. The van der Waals surface area contributed by atoms with Gasteiger partial charge in [0.1, 0.15) is 17.8 Å². The third kappa shape index (κ3) is 9.75. The molecule has 254 valence electrons. The maximum absolute atomic E-state index is 13.5. The number of anilines is 1. The number of aromatic nitrogens is 2. The molecule has 10 nitrogen and oxygen atoms in total. The van der Waals surface area contributed by atoms with Gasteiger partial charge in [-0.15, -0.1) is 13.2 Å². The van der Waals surface area contributed by atoms with E-state index in [9.17, 15) is 35.9 Å². The number of carbonyl (C=O) groups is 2. The van der Waals surface area contributed by atoms with E-state index in [-0.39, 0.29) is 53.1 Å². The number of amides is 2. The van der Waals surface area contributed by atoms with Crippen LogP contribution in [0.4, 0.5) is 32.0 Å². The quantitative estimate of drug-likeness (QED) is 0.217. The topological polar surface area (TPSA) is 110 Å². The molecular weight excluding hydrogens is 634 g/mol. The summed E-state index contributed by atoms with van der Waals surface area (Å²) in [6, 6.07) is 7.37. The molecule has 47 heavy (non-hydrogen) atoms. The molecule has 1 aliphatic heterocycles. The average molecular weight is 669 g/mol. The van der Waals surface area contributed by atoms with E-state index in [0.29, 0.717) is 36.5 Å². The lowest BCUT2D eigenvalue weighted by molar-refractivity contribution is -0.325. The molecule has 2 atom stereocenters. The Morgan fingerprint density at radius 2 is 1.87 bits per heavy atom. The van der Waals surface area contributed by atoms with Crippen LogP contribution >= 0.6 is 0 Å². The monoisotopic (exact) mass is 668 g/mol. The molecule has 2 amide bonds. The van der Waals surface area contributed by atoms with Crippen LogP contribution in [0.25, 0.3) is 11.0 Å². The van der Waals surface area contributed by atoms with Crippen molar-refractivity contribution in [2.75, 3.05) is 52.3 Å². The van der Waals surface area contributed by atoms with Gasteiger partial charge >= 0.3 is 12.5 Å². The molecule has 0 spiro atoms. The number of nitrogens with zero attached hydrogens (tertiary/aromatic N) is 3. The Hall–Kier alpha value is -4.49. The van der Waals surface area contributed by atoms with Crippen LogP contribution in [0.1, 0.15) is 39.6 Å². The summed E-state index contributed by atoms with van der Waals surface area (Å²) in [5.74, 6) is 5.21. The van der Waals surface area contributed by atoms with E-state index in [1.165, 1.54) is 26.3 Å². The zero-order valence-corrected chi connectivity index (χ0v) is 25.8. The fourth-order valence-corrected chi connectivity index (χ4v) is 5.32. The Morgan fingerprint density at radius 3 is 2.53 bits per heavy atom. The number of nitrogens with one attached hydrogen (secondary N) is 3. The molecule has 1 saturated heterocycles. The first kappa shape index (κ1) is 35.4. The van der Waals surface area contributed by atoms with Gasteiger partial charge in [0.25, 0.3) is 11.8 Å². The van der Waals surface area contributed by atoms with E-state index < -0.39 is 31.6 Å². The van der Waals surface area contributed by atoms with Crippen LogP contribution in [0.2, 0.25) is 0 Å². The molecule has 1 fully saturated rings. The Labute approximate surface area is 266 Å². The molecule has 1 aromatic heterocycles. The standard InChI is InChI=1S/C31H34F6N6O4/c1-19-16-42(11-12-47-31(35,36)37)10-8-23(19)41-29(45)22-13-20(14-25-27(22)40-18-43(25)17-30(32,33)34)5-4-9-39-24-7-6-21(28(44)38-2)15-26(24)46-3/h6-7,13-15,18-19,23,39H,8-12,16-17H2,1-3H3,(H,38,44)(H,41,45)/t19-,23-/m0/s1. The number of carbonyl (C=O) groups excluding carboxylic acids is 2. The third-order valence-electron chi connectivity index (χ3n) is 7.59. The van der Waals surface area contributed by atoms with Crippen LogP contribution in [0, 0.1) is 17.8 Å². The lowest BCUT2D eigenvalue weighted by atomic mass is 9.93. The summed E-state index contributed by atoms with van der Waals surface area (Å²) in [7, 11) is 2.96. The summed E-state index contributed by atoms with van der Waals surface area (Å²) in [6.07, 6.45) is -7.78. The van der Waals surface area contributed by atoms with Crippen molar-refractivity contribution in [3.05, 3.63) is 53.3 Å². The van der Waals surface area contributed by atoms with E-state index >= 15 is 0 Å². The average Bonchev–Trinajstić information content (AvgIpc) is 3.39. The highest BCUT2D eigenvalue weighted by molar-refractivity contribution is 6.05. The number of rotatable bonds is 10. The summed E-state index contributed by atoms with van der Waals surface area (Å²) in [4.78, 5) is 31.4. The summed E-state index contributed by atoms with van der Waals surface area (Å²) in [5.41, 5.74) is 1.42. The normalized spacial score (nSPS) is 17.1. The molecule has 0 radical (unpaired) electrons. The SMILES string of the molecule is CNC(=O)c1ccc(NCC#Cc2cc(C(=O)N[C@H]3CCN(CCOC(F)(F)F)C[C@@H]3C)c3ncn(CC(F)(F)F)c3c2)c(OC)c1. The summed E-state index contributed by atoms with van der Waals surface area (Å²) >= 11 is 0. The van der Waals surface area contributed by atoms with E-state index in [4.69, 9.17) is 4.74 Å². The molecule has 3 N–H and O–H groups in total. The van der Waals surface area contributed by atoms with Gasteiger partial charge < -0.3 is 30.2 Å². The van der Waals surface area contributed by atoms with Crippen molar-refractivity contribution < 1.29 is 45.4 Å². The number of benzene rings is 2. The number of fused-ring (bicyclic) bond motifs is 1. The molecule has 0 saturated carbocycles. The maximum Gasteiger partial charge on any atom is 0.522 e. The van der Waals surface area contributed by atoms with E-state index in [1.807, 2.05) is 11.8 Å². The molecule has 3 aromatic rings. The lowest BCUT2D eigenvalue weighted by Crippen LogP contribution is -2.50. The predicted molar refractivity (Wildman–Crippen MR) is 161 cm³/mol. The summed E-state index contributed by atoms with van der Waals surface area (Å²) < 4.78 is 87.1. The van der Waals surface area contributed by atoms with Gasteiger partial charge in [-0.3, -0.25) is 14.3 Å². The van der Waals surface area contributed by atoms with Crippen molar-refractivity contribution in [3.63, 3.8) is 0 Å². The van der Waals surface area contributed by atoms with Gasteiger partial charge in [0, 0.05) is 43.9 Å². The minimum absolute atomic E-state index is 0.0420.